The second-order valence-electron chi connectivity index (χ2n) is 3.86. The number of nitrogens with two attached hydrogens (primary N) is 1. The van der Waals surface area contributed by atoms with Crippen molar-refractivity contribution < 1.29 is 0 Å². The lowest BCUT2D eigenvalue weighted by atomic mass is 10.2. The summed E-state index contributed by atoms with van der Waals surface area (Å²) >= 11 is 1.69. The summed E-state index contributed by atoms with van der Waals surface area (Å²) in [6.45, 7) is 0. The van der Waals surface area contributed by atoms with E-state index in [1.807, 2.05) is 18.2 Å². The van der Waals surface area contributed by atoms with Gasteiger partial charge in [0, 0.05) is 18.8 Å². The molecule has 5 heteroatoms. The minimum absolute atomic E-state index is 0.120. The van der Waals surface area contributed by atoms with Crippen LogP contribution in [0.3, 0.4) is 0 Å². The van der Waals surface area contributed by atoms with Crippen LogP contribution < -0.4 is 5.73 Å². The van der Waals surface area contributed by atoms with Gasteiger partial charge >= 0.3 is 0 Å². The summed E-state index contributed by atoms with van der Waals surface area (Å²) < 4.78 is 1.20. The largest absolute Gasteiger partial charge is 0.347 e. The Morgan fingerprint density at radius 1 is 1.35 bits per heavy atom. The molecule has 0 bridgehead atoms. The molecule has 0 saturated heterocycles. The Labute approximate surface area is 103 Å². The fourth-order valence-electron chi connectivity index (χ4n) is 1.77. The van der Waals surface area contributed by atoms with Gasteiger partial charge in [-0.1, -0.05) is 12.1 Å². The maximum atomic E-state index is 6.07. The average molecular weight is 244 g/mol. The summed E-state index contributed by atoms with van der Waals surface area (Å²) in [5, 5.41) is 1.05. The van der Waals surface area contributed by atoms with Crippen molar-refractivity contribution in [2.24, 2.45) is 5.73 Å². The van der Waals surface area contributed by atoms with Crippen molar-refractivity contribution in [1.29, 1.82) is 0 Å². The molecule has 17 heavy (non-hydrogen) atoms. The summed E-state index contributed by atoms with van der Waals surface area (Å²) in [6, 6.07) is 8.00. The van der Waals surface area contributed by atoms with Crippen LogP contribution in [0, 0.1) is 0 Å². The molecule has 0 spiro atoms. The van der Waals surface area contributed by atoms with Crippen molar-refractivity contribution in [2.75, 3.05) is 0 Å². The first kappa shape index (κ1) is 10.4. The molecule has 4 nitrogen and oxygen atoms in total. The molecule has 0 aliphatic rings. The first-order chi connectivity index (χ1) is 8.33. The first-order valence-corrected chi connectivity index (χ1v) is 6.24. The van der Waals surface area contributed by atoms with Crippen LogP contribution >= 0.6 is 11.3 Å². The SMILES string of the molecule is NC(Cc1nc2ccccc2s1)c1ncc[nH]1. The van der Waals surface area contributed by atoms with Crippen LogP contribution in [-0.2, 0) is 6.42 Å². The molecular formula is C12H12N4S. The minimum atomic E-state index is -0.120. The number of H-pyrrole nitrogens is 1. The summed E-state index contributed by atoms with van der Waals surface area (Å²) in [4.78, 5) is 11.8. The molecule has 0 fully saturated rings. The van der Waals surface area contributed by atoms with Crippen molar-refractivity contribution in [3.05, 3.63) is 47.5 Å². The van der Waals surface area contributed by atoms with E-state index in [9.17, 15) is 0 Å². The van der Waals surface area contributed by atoms with Crippen LogP contribution in [0.15, 0.2) is 36.7 Å². The van der Waals surface area contributed by atoms with Crippen molar-refractivity contribution in [3.8, 4) is 0 Å². The van der Waals surface area contributed by atoms with Crippen LogP contribution in [0.2, 0.25) is 0 Å². The van der Waals surface area contributed by atoms with Crippen LogP contribution in [0.5, 0.6) is 0 Å². The minimum Gasteiger partial charge on any atom is -0.347 e. The van der Waals surface area contributed by atoms with Crippen LogP contribution in [0.1, 0.15) is 16.9 Å². The van der Waals surface area contributed by atoms with Gasteiger partial charge in [0.1, 0.15) is 5.82 Å². The third-order valence-electron chi connectivity index (χ3n) is 2.60. The number of aromatic amines is 1. The molecule has 2 aromatic heterocycles. The zero-order chi connectivity index (χ0) is 11.7. The summed E-state index contributed by atoms with van der Waals surface area (Å²) in [5.74, 6) is 0.809. The summed E-state index contributed by atoms with van der Waals surface area (Å²) in [7, 11) is 0. The quantitative estimate of drug-likeness (QED) is 0.742. The lowest BCUT2D eigenvalue weighted by Gasteiger charge is -2.05. The van der Waals surface area contributed by atoms with Gasteiger partial charge < -0.3 is 10.7 Å². The highest BCUT2D eigenvalue weighted by Gasteiger charge is 2.12. The van der Waals surface area contributed by atoms with E-state index in [4.69, 9.17) is 5.73 Å². The molecule has 0 aliphatic carbocycles. The van der Waals surface area contributed by atoms with Gasteiger partial charge in [0.2, 0.25) is 0 Å². The highest BCUT2D eigenvalue weighted by atomic mass is 32.1. The number of nitrogens with zero attached hydrogens (tertiary/aromatic N) is 2. The van der Waals surface area contributed by atoms with Crippen LogP contribution in [0.4, 0.5) is 0 Å². The molecule has 1 atom stereocenters. The summed E-state index contributed by atoms with van der Waals surface area (Å²) in [6.07, 6.45) is 4.22. The van der Waals surface area contributed by atoms with Crippen molar-refractivity contribution in [3.63, 3.8) is 0 Å². The number of rotatable bonds is 3. The molecular weight excluding hydrogens is 232 g/mol. The van der Waals surface area contributed by atoms with E-state index in [-0.39, 0.29) is 6.04 Å². The van der Waals surface area contributed by atoms with Gasteiger partial charge in [0.15, 0.2) is 0 Å². The van der Waals surface area contributed by atoms with Gasteiger partial charge in [-0.25, -0.2) is 9.97 Å². The van der Waals surface area contributed by atoms with E-state index in [2.05, 4.69) is 21.0 Å². The summed E-state index contributed by atoms with van der Waals surface area (Å²) in [5.41, 5.74) is 7.11. The number of nitrogens with one attached hydrogen (secondary N) is 1. The number of fused-ring (bicyclic) bond motifs is 1. The predicted octanol–water partition coefficient (Wildman–Crippen LogP) is 2.26. The van der Waals surface area contributed by atoms with Crippen LogP contribution in [0.25, 0.3) is 10.2 Å². The van der Waals surface area contributed by atoms with Gasteiger partial charge in [-0.15, -0.1) is 11.3 Å². The molecule has 0 radical (unpaired) electrons. The smallest absolute Gasteiger partial charge is 0.123 e. The molecule has 1 unspecified atom stereocenters. The fourth-order valence-corrected chi connectivity index (χ4v) is 2.80. The molecule has 1 aromatic carbocycles. The Balaban J connectivity index is 1.85. The van der Waals surface area contributed by atoms with Crippen molar-refractivity contribution in [1.82, 2.24) is 15.0 Å². The van der Waals surface area contributed by atoms with Crippen molar-refractivity contribution in [2.45, 2.75) is 12.5 Å². The first-order valence-electron chi connectivity index (χ1n) is 5.42. The second-order valence-corrected chi connectivity index (χ2v) is 4.98. The number of benzene rings is 1. The Hall–Kier alpha value is -1.72. The highest BCUT2D eigenvalue weighted by molar-refractivity contribution is 7.18. The number of thiazole rings is 1. The standard InChI is InChI=1S/C12H12N4S/c13-8(12-14-5-6-15-12)7-11-16-9-3-1-2-4-10(9)17-11/h1-6,8H,7,13H2,(H,14,15). The van der Waals surface area contributed by atoms with E-state index >= 15 is 0 Å². The van der Waals surface area contributed by atoms with E-state index in [1.165, 1.54) is 4.70 Å². The molecule has 3 aromatic rings. The zero-order valence-electron chi connectivity index (χ0n) is 9.13. The number of hydrogen-bond donors (Lipinski definition) is 2. The van der Waals surface area contributed by atoms with Crippen molar-refractivity contribution >= 4 is 21.6 Å². The third kappa shape index (κ3) is 2.07. The van der Waals surface area contributed by atoms with E-state index in [0.29, 0.717) is 6.42 Å². The molecule has 0 saturated carbocycles. The number of imidazole rings is 1. The lowest BCUT2D eigenvalue weighted by Crippen LogP contribution is -2.14. The normalized spacial score (nSPS) is 13.0. The van der Waals surface area contributed by atoms with Crippen LogP contribution in [-0.4, -0.2) is 15.0 Å². The van der Waals surface area contributed by atoms with E-state index < -0.39 is 0 Å². The maximum absolute atomic E-state index is 6.07. The Kier molecular flexibility index (Phi) is 2.62. The Bertz CT molecular complexity index is 581. The molecule has 3 N–H and O–H groups in total. The maximum Gasteiger partial charge on any atom is 0.123 e. The van der Waals surface area contributed by atoms with E-state index in [1.54, 1.807) is 23.7 Å². The van der Waals surface area contributed by atoms with Gasteiger partial charge in [-0.3, -0.25) is 0 Å². The Morgan fingerprint density at radius 3 is 3.00 bits per heavy atom. The molecule has 0 aliphatic heterocycles. The van der Waals surface area contributed by atoms with Gasteiger partial charge in [0.05, 0.1) is 21.3 Å². The lowest BCUT2D eigenvalue weighted by molar-refractivity contribution is 0.675. The highest BCUT2D eigenvalue weighted by Crippen LogP contribution is 2.24. The number of hydrogen-bond acceptors (Lipinski definition) is 4. The van der Waals surface area contributed by atoms with Gasteiger partial charge in [-0.05, 0) is 12.1 Å². The van der Waals surface area contributed by atoms with Gasteiger partial charge in [0.25, 0.3) is 0 Å². The second kappa shape index (κ2) is 4.27. The Morgan fingerprint density at radius 2 is 2.24 bits per heavy atom. The fraction of sp³-hybridized carbons (Fsp3) is 0.167. The molecule has 3 rings (SSSR count). The molecule has 86 valence electrons. The average Bonchev–Trinajstić information content (AvgIpc) is 2.97. The molecule has 2 heterocycles. The predicted molar refractivity (Wildman–Crippen MR) is 68.8 cm³/mol. The monoisotopic (exact) mass is 244 g/mol. The number of aromatic nitrogens is 3. The van der Waals surface area contributed by atoms with Gasteiger partial charge in [-0.2, -0.15) is 0 Å². The molecule has 0 amide bonds. The topological polar surface area (TPSA) is 67.6 Å². The zero-order valence-corrected chi connectivity index (χ0v) is 9.95. The number of para-hydroxylation sites is 1. The third-order valence-corrected chi connectivity index (χ3v) is 3.66. The van der Waals surface area contributed by atoms with E-state index in [0.717, 1.165) is 16.3 Å².